The summed E-state index contributed by atoms with van der Waals surface area (Å²) in [5, 5.41) is 3.50. The second-order valence-corrected chi connectivity index (χ2v) is 6.97. The molecule has 0 saturated carbocycles. The summed E-state index contributed by atoms with van der Waals surface area (Å²) in [6.07, 6.45) is 4.10. The predicted octanol–water partition coefficient (Wildman–Crippen LogP) is 4.68. The van der Waals surface area contributed by atoms with Gasteiger partial charge in [0.15, 0.2) is 5.82 Å². The van der Waals surface area contributed by atoms with Gasteiger partial charge in [-0.2, -0.15) is 0 Å². The molecule has 2 aromatic heterocycles. The van der Waals surface area contributed by atoms with E-state index in [1.807, 2.05) is 19.9 Å². The van der Waals surface area contributed by atoms with E-state index >= 15 is 0 Å². The Labute approximate surface area is 162 Å². The van der Waals surface area contributed by atoms with Gasteiger partial charge in [-0.3, -0.25) is 9.78 Å². The summed E-state index contributed by atoms with van der Waals surface area (Å²) in [6.45, 7) is 3.86. The van der Waals surface area contributed by atoms with E-state index in [1.165, 1.54) is 0 Å². The Hall–Kier alpha value is -3.05. The van der Waals surface area contributed by atoms with Crippen LogP contribution in [-0.4, -0.2) is 21.6 Å². The number of aromatic nitrogens is 2. The highest BCUT2D eigenvalue weighted by Crippen LogP contribution is 2.31. The van der Waals surface area contributed by atoms with E-state index in [2.05, 4.69) is 26.3 Å². The number of hydrogen-bond donors (Lipinski definition) is 1. The van der Waals surface area contributed by atoms with E-state index in [4.69, 9.17) is 11.6 Å². The summed E-state index contributed by atoms with van der Waals surface area (Å²) in [4.78, 5) is 25.6. The first kappa shape index (κ1) is 17.4. The normalized spacial score (nSPS) is 12.5. The van der Waals surface area contributed by atoms with Crippen LogP contribution in [0.5, 0.6) is 0 Å². The average Bonchev–Trinajstić information content (AvgIpc) is 3.06. The number of benzene rings is 1. The van der Waals surface area contributed by atoms with Crippen LogP contribution in [0.15, 0.2) is 53.8 Å². The number of nitrogens with zero attached hydrogens (tertiary/aromatic N) is 3. The third-order valence-corrected chi connectivity index (χ3v) is 4.70. The molecule has 0 spiro atoms. The molecular formula is C21H17ClN4O. The number of fused-ring (bicyclic) bond motifs is 1. The van der Waals surface area contributed by atoms with E-state index in [-0.39, 0.29) is 5.91 Å². The molecule has 0 fully saturated rings. The first-order chi connectivity index (χ1) is 13.0. The van der Waals surface area contributed by atoms with Crippen molar-refractivity contribution in [2.24, 2.45) is 4.99 Å². The van der Waals surface area contributed by atoms with Crippen molar-refractivity contribution >= 4 is 34.7 Å². The lowest BCUT2D eigenvalue weighted by Gasteiger charge is -2.09. The van der Waals surface area contributed by atoms with Crippen molar-refractivity contribution in [3.05, 3.63) is 81.8 Å². The van der Waals surface area contributed by atoms with Crippen molar-refractivity contribution in [2.45, 2.75) is 20.3 Å². The number of carbonyl (C=O) groups excluding carboxylic acids is 1. The molecule has 27 heavy (non-hydrogen) atoms. The lowest BCUT2D eigenvalue weighted by molar-refractivity contribution is 0.102. The molecule has 1 amide bonds. The topological polar surface area (TPSA) is 67.2 Å². The number of anilines is 1. The van der Waals surface area contributed by atoms with Crippen molar-refractivity contribution in [3.8, 4) is 0 Å². The molecule has 4 rings (SSSR count). The zero-order chi connectivity index (χ0) is 19.0. The minimum atomic E-state index is -0.192. The van der Waals surface area contributed by atoms with Crippen molar-refractivity contribution < 1.29 is 4.79 Å². The van der Waals surface area contributed by atoms with Crippen LogP contribution in [0.2, 0.25) is 5.02 Å². The molecule has 1 aliphatic rings. The number of halogens is 1. The van der Waals surface area contributed by atoms with Crippen LogP contribution < -0.4 is 5.32 Å². The highest BCUT2D eigenvalue weighted by Gasteiger charge is 2.20. The van der Waals surface area contributed by atoms with Gasteiger partial charge in [0.2, 0.25) is 0 Å². The third kappa shape index (κ3) is 3.59. The molecule has 0 aliphatic carbocycles. The number of amides is 1. The Kier molecular flexibility index (Phi) is 4.46. The first-order valence-corrected chi connectivity index (χ1v) is 8.94. The Balaban J connectivity index is 1.60. The standard InChI is InChI=1S/C21H17ClN4O/c1-12-7-15-9-19(26-20(15)24-11-12)17-10-16(3-4-18(17)22)25-21(27)14-5-6-23-13(2)8-14/h3-8,10-11H,9H2,1-2H3,(H,25,27). The maximum Gasteiger partial charge on any atom is 0.255 e. The summed E-state index contributed by atoms with van der Waals surface area (Å²) in [5.74, 6) is 0.538. The van der Waals surface area contributed by atoms with E-state index in [0.29, 0.717) is 22.7 Å². The highest BCUT2D eigenvalue weighted by atomic mass is 35.5. The van der Waals surface area contributed by atoms with Gasteiger partial charge in [0.05, 0.1) is 5.71 Å². The summed E-state index contributed by atoms with van der Waals surface area (Å²) in [6, 6.07) is 10.9. The molecule has 1 aromatic carbocycles. The number of nitrogens with one attached hydrogen (secondary N) is 1. The van der Waals surface area contributed by atoms with Gasteiger partial charge < -0.3 is 5.32 Å². The van der Waals surface area contributed by atoms with Crippen LogP contribution in [0.3, 0.4) is 0 Å². The monoisotopic (exact) mass is 376 g/mol. The summed E-state index contributed by atoms with van der Waals surface area (Å²) in [7, 11) is 0. The molecule has 5 nitrogen and oxygen atoms in total. The molecule has 1 aliphatic heterocycles. The van der Waals surface area contributed by atoms with Gasteiger partial charge in [0.25, 0.3) is 5.91 Å². The fourth-order valence-electron chi connectivity index (χ4n) is 3.07. The van der Waals surface area contributed by atoms with Crippen molar-refractivity contribution in [3.63, 3.8) is 0 Å². The molecule has 0 unspecified atom stereocenters. The minimum Gasteiger partial charge on any atom is -0.322 e. The van der Waals surface area contributed by atoms with Gasteiger partial charge >= 0.3 is 0 Å². The lowest BCUT2D eigenvalue weighted by Crippen LogP contribution is -2.13. The maximum absolute atomic E-state index is 12.5. The van der Waals surface area contributed by atoms with Crippen LogP contribution >= 0.6 is 11.6 Å². The zero-order valence-electron chi connectivity index (χ0n) is 15.0. The van der Waals surface area contributed by atoms with Gasteiger partial charge in [-0.05, 0) is 49.7 Å². The van der Waals surface area contributed by atoms with E-state index in [0.717, 1.165) is 33.9 Å². The number of aryl methyl sites for hydroxylation is 2. The number of carbonyl (C=O) groups is 1. The third-order valence-electron chi connectivity index (χ3n) is 4.37. The van der Waals surface area contributed by atoms with Crippen LogP contribution in [0, 0.1) is 13.8 Å². The Morgan fingerprint density at radius 2 is 1.96 bits per heavy atom. The van der Waals surface area contributed by atoms with Crippen LogP contribution in [0.25, 0.3) is 0 Å². The van der Waals surface area contributed by atoms with Crippen molar-refractivity contribution in [1.82, 2.24) is 9.97 Å². The predicted molar refractivity (Wildman–Crippen MR) is 107 cm³/mol. The number of rotatable bonds is 3. The fraction of sp³-hybridized carbons (Fsp3) is 0.143. The lowest BCUT2D eigenvalue weighted by atomic mass is 10.0. The number of pyridine rings is 2. The molecular weight excluding hydrogens is 360 g/mol. The van der Waals surface area contributed by atoms with Gasteiger partial charge in [-0.15, -0.1) is 0 Å². The average molecular weight is 377 g/mol. The molecule has 1 N–H and O–H groups in total. The molecule has 0 saturated heterocycles. The summed E-state index contributed by atoms with van der Waals surface area (Å²) >= 11 is 6.40. The molecule has 134 valence electrons. The van der Waals surface area contributed by atoms with Gasteiger partial charge in [-0.25, -0.2) is 9.98 Å². The second-order valence-electron chi connectivity index (χ2n) is 6.57. The maximum atomic E-state index is 12.5. The van der Waals surface area contributed by atoms with Crippen LogP contribution in [0.4, 0.5) is 11.5 Å². The number of aliphatic imine (C=N–C) groups is 1. The zero-order valence-corrected chi connectivity index (χ0v) is 15.7. The van der Waals surface area contributed by atoms with Crippen LogP contribution in [0.1, 0.15) is 32.7 Å². The molecule has 0 atom stereocenters. The second kappa shape index (κ2) is 6.93. The van der Waals surface area contributed by atoms with Crippen molar-refractivity contribution in [2.75, 3.05) is 5.32 Å². The molecule has 3 aromatic rings. The molecule has 3 heterocycles. The van der Waals surface area contributed by atoms with Gasteiger partial charge in [-0.1, -0.05) is 17.7 Å². The summed E-state index contributed by atoms with van der Waals surface area (Å²) < 4.78 is 0. The quantitative estimate of drug-likeness (QED) is 0.721. The molecule has 0 radical (unpaired) electrons. The van der Waals surface area contributed by atoms with Gasteiger partial charge in [0.1, 0.15) is 0 Å². The Bertz CT molecular complexity index is 1090. The van der Waals surface area contributed by atoms with E-state index < -0.39 is 0 Å². The SMILES string of the molecule is Cc1cnc2c(c1)CC(c1cc(NC(=O)c3ccnc(C)c3)ccc1Cl)=N2. The number of hydrogen-bond acceptors (Lipinski definition) is 4. The van der Waals surface area contributed by atoms with Crippen LogP contribution in [-0.2, 0) is 6.42 Å². The fourth-order valence-corrected chi connectivity index (χ4v) is 3.30. The Morgan fingerprint density at radius 1 is 1.11 bits per heavy atom. The van der Waals surface area contributed by atoms with Crippen molar-refractivity contribution in [1.29, 1.82) is 0 Å². The van der Waals surface area contributed by atoms with E-state index in [9.17, 15) is 4.79 Å². The smallest absolute Gasteiger partial charge is 0.255 e. The molecule has 6 heteroatoms. The first-order valence-electron chi connectivity index (χ1n) is 8.56. The Morgan fingerprint density at radius 3 is 2.78 bits per heavy atom. The van der Waals surface area contributed by atoms with Gasteiger partial charge in [0, 0.05) is 51.9 Å². The minimum absolute atomic E-state index is 0.192. The summed E-state index contributed by atoms with van der Waals surface area (Å²) in [5.41, 5.74) is 5.86. The largest absolute Gasteiger partial charge is 0.322 e. The van der Waals surface area contributed by atoms with E-state index in [1.54, 1.807) is 36.7 Å². The highest BCUT2D eigenvalue weighted by molar-refractivity contribution is 6.34. The molecule has 0 bridgehead atoms.